The molecular formula is C35H45N7O2S2. The summed E-state index contributed by atoms with van der Waals surface area (Å²) in [5, 5.41) is 10.6. The average molecular weight is 660 g/mol. The van der Waals surface area contributed by atoms with E-state index >= 15 is 0 Å². The normalized spacial score (nSPS) is 18.8. The summed E-state index contributed by atoms with van der Waals surface area (Å²) in [4.78, 5) is 39.5. The van der Waals surface area contributed by atoms with Crippen LogP contribution in [-0.4, -0.2) is 84.4 Å². The maximum absolute atomic E-state index is 13.9. The van der Waals surface area contributed by atoms with E-state index in [0.29, 0.717) is 48.2 Å². The summed E-state index contributed by atoms with van der Waals surface area (Å²) >= 11 is 5.94. The zero-order chi connectivity index (χ0) is 33.1. The zero-order valence-corrected chi connectivity index (χ0v) is 28.9. The van der Waals surface area contributed by atoms with Crippen LogP contribution in [0.5, 0.6) is 0 Å². The van der Waals surface area contributed by atoms with Gasteiger partial charge in [0.25, 0.3) is 5.91 Å². The summed E-state index contributed by atoms with van der Waals surface area (Å²) < 4.78 is 0. The van der Waals surface area contributed by atoms with Crippen molar-refractivity contribution >= 4 is 58.3 Å². The van der Waals surface area contributed by atoms with Gasteiger partial charge in [0.1, 0.15) is 0 Å². The van der Waals surface area contributed by atoms with Crippen LogP contribution in [0.3, 0.4) is 0 Å². The molecule has 2 amide bonds. The van der Waals surface area contributed by atoms with Crippen molar-refractivity contribution < 1.29 is 9.59 Å². The molecule has 3 N–H and O–H groups in total. The van der Waals surface area contributed by atoms with Crippen molar-refractivity contribution in [2.24, 2.45) is 4.99 Å². The number of allylic oxidation sites excluding steroid dienone is 4. The lowest BCUT2D eigenvalue weighted by Crippen LogP contribution is -2.47. The Morgan fingerprint density at radius 2 is 1.87 bits per heavy atom. The minimum Gasteiger partial charge on any atom is -0.384 e. The van der Waals surface area contributed by atoms with Gasteiger partial charge in [0, 0.05) is 55.6 Å². The molecule has 0 unspecified atom stereocenters. The van der Waals surface area contributed by atoms with Crippen LogP contribution in [-0.2, 0) is 16.1 Å². The second-order valence-corrected chi connectivity index (χ2v) is 12.8. The third-order valence-electron chi connectivity index (χ3n) is 7.60. The number of carbonyl (C=O) groups is 2. The molecule has 2 aromatic carbocycles. The predicted octanol–water partition coefficient (Wildman–Crippen LogP) is 5.83. The SMILES string of the molecule is C=C/C=C(N/C(C)=C1/SC(=Nc2cc(NC(=O)CN3CCN(C)CC3)ccc2NCC)CN(Cc2ccccc2)C1=O)\C(S)=C/C. The van der Waals surface area contributed by atoms with Crippen LogP contribution in [0.2, 0.25) is 0 Å². The van der Waals surface area contributed by atoms with Gasteiger partial charge in [-0.25, -0.2) is 4.99 Å². The van der Waals surface area contributed by atoms with Crippen molar-refractivity contribution in [1.82, 2.24) is 20.0 Å². The van der Waals surface area contributed by atoms with Gasteiger partial charge in [-0.1, -0.05) is 60.8 Å². The minimum atomic E-state index is -0.0752. The van der Waals surface area contributed by atoms with Crippen LogP contribution < -0.4 is 16.0 Å². The van der Waals surface area contributed by atoms with E-state index in [2.05, 4.69) is 52.0 Å². The number of rotatable bonds is 12. The second-order valence-electron chi connectivity index (χ2n) is 11.2. The second kappa shape index (κ2) is 17.2. The third kappa shape index (κ3) is 9.86. The summed E-state index contributed by atoms with van der Waals surface area (Å²) in [5.41, 5.74) is 4.69. The Balaban J connectivity index is 1.65. The van der Waals surface area contributed by atoms with E-state index in [-0.39, 0.29) is 11.8 Å². The van der Waals surface area contributed by atoms with Gasteiger partial charge in [-0.05, 0) is 57.7 Å². The fourth-order valence-electron chi connectivity index (χ4n) is 5.11. The number of amides is 2. The van der Waals surface area contributed by atoms with Gasteiger partial charge in [-0.2, -0.15) is 0 Å². The van der Waals surface area contributed by atoms with Gasteiger partial charge >= 0.3 is 0 Å². The molecule has 0 aromatic heterocycles. The number of nitrogens with one attached hydrogen (secondary N) is 3. The maximum atomic E-state index is 13.9. The van der Waals surface area contributed by atoms with Crippen LogP contribution in [0.15, 0.2) is 99.5 Å². The molecule has 9 nitrogen and oxygen atoms in total. The summed E-state index contributed by atoms with van der Waals surface area (Å²) in [7, 11) is 2.10. The van der Waals surface area contributed by atoms with E-state index in [1.165, 1.54) is 11.8 Å². The highest BCUT2D eigenvalue weighted by Gasteiger charge is 2.30. The smallest absolute Gasteiger partial charge is 0.263 e. The Morgan fingerprint density at radius 1 is 1.13 bits per heavy atom. The number of thioether (sulfide) groups is 1. The standard InChI is InChI=1S/C35H45N7O2S2/c1-6-12-29(31(45)7-2)37-25(4)34-35(44)42(22-26-13-10-9-11-14-26)24-33(46-34)39-30-21-27(15-16-28(30)36-8-3)38-32(43)23-41-19-17-40(5)18-20-41/h6-7,9-16,21,36-37,45H,1,8,17-20,22-24H2,2-5H3,(H,38,43)/b29-12+,31-7+,34-25+,39-33?. The number of thiol groups is 1. The molecular weight excluding hydrogens is 615 g/mol. The van der Waals surface area contributed by atoms with Gasteiger partial charge in [-0.15, -0.1) is 12.6 Å². The number of hydrogen-bond acceptors (Lipinski definition) is 9. The first-order valence-electron chi connectivity index (χ1n) is 15.5. The molecule has 4 rings (SSSR count). The molecule has 0 saturated carbocycles. The van der Waals surface area contributed by atoms with E-state index in [0.717, 1.165) is 53.1 Å². The van der Waals surface area contributed by atoms with Crippen LogP contribution in [0.4, 0.5) is 17.1 Å². The molecule has 2 aromatic rings. The van der Waals surface area contributed by atoms with Crippen molar-refractivity contribution in [2.45, 2.75) is 27.3 Å². The average Bonchev–Trinajstić information content (AvgIpc) is 3.04. The Hall–Kier alpha value is -3.77. The van der Waals surface area contributed by atoms with Crippen LogP contribution in [0.25, 0.3) is 0 Å². The van der Waals surface area contributed by atoms with Crippen molar-refractivity contribution in [3.63, 3.8) is 0 Å². The van der Waals surface area contributed by atoms with E-state index < -0.39 is 0 Å². The van der Waals surface area contributed by atoms with Gasteiger partial charge in [0.05, 0.1) is 40.1 Å². The summed E-state index contributed by atoms with van der Waals surface area (Å²) in [6.07, 6.45) is 5.39. The first-order valence-corrected chi connectivity index (χ1v) is 16.8. The fourth-order valence-corrected chi connectivity index (χ4v) is 6.26. The van der Waals surface area contributed by atoms with Crippen LogP contribution in [0.1, 0.15) is 26.3 Å². The molecule has 0 atom stereocenters. The number of nitrogens with zero attached hydrogens (tertiary/aromatic N) is 4. The molecule has 0 spiro atoms. The molecule has 2 fully saturated rings. The molecule has 0 bridgehead atoms. The Labute approximate surface area is 283 Å². The number of anilines is 2. The highest BCUT2D eigenvalue weighted by Crippen LogP contribution is 2.35. The number of likely N-dealkylation sites (N-methyl/N-ethyl adjacent to an activating group) is 1. The van der Waals surface area contributed by atoms with Crippen molar-refractivity contribution in [1.29, 1.82) is 0 Å². The number of hydrogen-bond donors (Lipinski definition) is 4. The van der Waals surface area contributed by atoms with Gasteiger partial charge in [-0.3, -0.25) is 14.5 Å². The van der Waals surface area contributed by atoms with E-state index in [1.807, 2.05) is 86.4 Å². The van der Waals surface area contributed by atoms with Crippen molar-refractivity contribution in [3.05, 3.63) is 100 Å². The molecule has 2 aliphatic rings. The molecule has 0 radical (unpaired) electrons. The number of benzene rings is 2. The zero-order valence-electron chi connectivity index (χ0n) is 27.2. The monoisotopic (exact) mass is 659 g/mol. The van der Waals surface area contributed by atoms with Gasteiger partial charge < -0.3 is 25.8 Å². The van der Waals surface area contributed by atoms with Crippen molar-refractivity contribution in [2.75, 3.05) is 63.5 Å². The first-order chi connectivity index (χ1) is 22.2. The molecule has 2 heterocycles. The third-order valence-corrected chi connectivity index (χ3v) is 9.24. The number of aliphatic imine (C=N–C) groups is 1. The lowest BCUT2D eigenvalue weighted by Gasteiger charge is -2.31. The molecule has 0 aliphatic carbocycles. The van der Waals surface area contributed by atoms with Gasteiger partial charge in [0.15, 0.2) is 0 Å². The topological polar surface area (TPSA) is 92.3 Å². The lowest BCUT2D eigenvalue weighted by atomic mass is 10.2. The Morgan fingerprint density at radius 3 is 2.54 bits per heavy atom. The Kier molecular flexibility index (Phi) is 13.1. The Bertz CT molecular complexity index is 1530. The predicted molar refractivity (Wildman–Crippen MR) is 197 cm³/mol. The van der Waals surface area contributed by atoms with Crippen LogP contribution >= 0.6 is 24.4 Å². The molecule has 46 heavy (non-hydrogen) atoms. The largest absolute Gasteiger partial charge is 0.384 e. The number of piperazine rings is 1. The lowest BCUT2D eigenvalue weighted by molar-refractivity contribution is -0.126. The highest BCUT2D eigenvalue weighted by molar-refractivity contribution is 8.18. The summed E-state index contributed by atoms with van der Waals surface area (Å²) in [5.74, 6) is -0.125. The minimum absolute atomic E-state index is 0.0500. The maximum Gasteiger partial charge on any atom is 0.263 e. The molecule has 2 aliphatic heterocycles. The molecule has 244 valence electrons. The molecule has 11 heteroatoms. The first kappa shape index (κ1) is 35.1. The molecule has 2 saturated heterocycles. The van der Waals surface area contributed by atoms with E-state index in [9.17, 15) is 9.59 Å². The van der Waals surface area contributed by atoms with Gasteiger partial charge in [0.2, 0.25) is 5.91 Å². The van der Waals surface area contributed by atoms with Crippen molar-refractivity contribution in [3.8, 4) is 0 Å². The summed E-state index contributed by atoms with van der Waals surface area (Å²) in [6.45, 7) is 15.2. The quantitative estimate of drug-likeness (QED) is 0.129. The van der Waals surface area contributed by atoms with E-state index in [1.54, 1.807) is 6.08 Å². The number of carbonyl (C=O) groups excluding carboxylic acids is 2. The fraction of sp³-hybridized carbons (Fsp3) is 0.343. The highest BCUT2D eigenvalue weighted by atomic mass is 32.2. The summed E-state index contributed by atoms with van der Waals surface area (Å²) in [6, 6.07) is 15.7. The van der Waals surface area contributed by atoms with Crippen LogP contribution in [0, 0.1) is 0 Å². The van der Waals surface area contributed by atoms with E-state index in [4.69, 9.17) is 4.99 Å².